The highest BCUT2D eigenvalue weighted by atomic mass is 32.1. The van der Waals surface area contributed by atoms with E-state index in [-0.39, 0.29) is 5.91 Å². The first-order valence-electron chi connectivity index (χ1n) is 8.50. The molecule has 0 atom stereocenters. The summed E-state index contributed by atoms with van der Waals surface area (Å²) >= 11 is 1.42. The average Bonchev–Trinajstić information content (AvgIpc) is 3.08. The summed E-state index contributed by atoms with van der Waals surface area (Å²) in [5.41, 5.74) is 2.38. The van der Waals surface area contributed by atoms with Gasteiger partial charge in [-0.1, -0.05) is 30.3 Å². The molecule has 0 aliphatic carbocycles. The first-order valence-corrected chi connectivity index (χ1v) is 9.32. The Balaban J connectivity index is 1.69. The number of aryl methyl sites for hydroxylation is 1. The van der Waals surface area contributed by atoms with Gasteiger partial charge < -0.3 is 9.64 Å². The Bertz CT molecular complexity index is 990. The van der Waals surface area contributed by atoms with Crippen LogP contribution in [0.1, 0.15) is 25.7 Å². The van der Waals surface area contributed by atoms with Gasteiger partial charge in [0, 0.05) is 24.2 Å². The van der Waals surface area contributed by atoms with Gasteiger partial charge in [-0.05, 0) is 23.8 Å². The van der Waals surface area contributed by atoms with Crippen LogP contribution in [0.2, 0.25) is 0 Å². The molecule has 3 aromatic rings. The van der Waals surface area contributed by atoms with Crippen LogP contribution in [0.25, 0.3) is 21.3 Å². The van der Waals surface area contributed by atoms with E-state index in [4.69, 9.17) is 4.74 Å². The molecule has 132 valence electrons. The molecule has 1 aliphatic heterocycles. The van der Waals surface area contributed by atoms with Crippen LogP contribution in [0.3, 0.4) is 0 Å². The van der Waals surface area contributed by atoms with Crippen molar-refractivity contribution in [3.8, 4) is 10.6 Å². The molecule has 0 spiro atoms. The van der Waals surface area contributed by atoms with E-state index in [1.807, 2.05) is 48.2 Å². The molecule has 0 unspecified atom stereocenters. The Hall–Kier alpha value is -2.57. The minimum atomic E-state index is 0.0265. The Morgan fingerprint density at radius 1 is 1.23 bits per heavy atom. The van der Waals surface area contributed by atoms with Gasteiger partial charge in [0.05, 0.1) is 18.9 Å². The maximum atomic E-state index is 12.8. The summed E-state index contributed by atoms with van der Waals surface area (Å²) in [6.45, 7) is 4.28. The smallest absolute Gasteiger partial charge is 0.266 e. The maximum Gasteiger partial charge on any atom is 0.266 e. The summed E-state index contributed by atoms with van der Waals surface area (Å²) in [6, 6.07) is 11.6. The quantitative estimate of drug-likeness (QED) is 0.665. The number of morpholine rings is 1. The Morgan fingerprint density at radius 3 is 2.81 bits per heavy atom. The van der Waals surface area contributed by atoms with Crippen LogP contribution in [-0.2, 0) is 4.74 Å². The third-order valence-corrected chi connectivity index (χ3v) is 5.77. The van der Waals surface area contributed by atoms with Gasteiger partial charge in [0.25, 0.3) is 5.91 Å². The van der Waals surface area contributed by atoms with E-state index in [2.05, 4.69) is 4.98 Å². The van der Waals surface area contributed by atoms with Gasteiger partial charge in [-0.25, -0.2) is 4.98 Å². The second kappa shape index (κ2) is 6.97. The molecule has 6 heteroatoms. The molecule has 0 saturated carbocycles. The normalized spacial score (nSPS) is 14.6. The van der Waals surface area contributed by atoms with E-state index in [0.29, 0.717) is 36.7 Å². The van der Waals surface area contributed by atoms with Crippen molar-refractivity contribution in [2.45, 2.75) is 6.92 Å². The molecular weight excluding hydrogens is 348 g/mol. The number of fused-ring (bicyclic) bond motifs is 1. The van der Waals surface area contributed by atoms with E-state index in [9.17, 15) is 9.59 Å². The standard InChI is InChI=1S/C20H18N2O3S/c1-13-18(20(24)22-7-9-25-10-8-22)26-19(21-13)15-5-6-17-14(11-15)3-2-4-16(17)12-23/h2-6,11-12H,7-10H2,1H3. The zero-order chi connectivity index (χ0) is 18.1. The van der Waals surface area contributed by atoms with Crippen LogP contribution in [0.4, 0.5) is 0 Å². The maximum absolute atomic E-state index is 12.8. The SMILES string of the molecule is Cc1nc(-c2ccc3c(C=O)cccc3c2)sc1C(=O)N1CCOCC1. The monoisotopic (exact) mass is 366 g/mol. The van der Waals surface area contributed by atoms with Gasteiger partial charge >= 0.3 is 0 Å². The Labute approximate surface area is 155 Å². The van der Waals surface area contributed by atoms with Crippen molar-refractivity contribution in [2.75, 3.05) is 26.3 Å². The lowest BCUT2D eigenvalue weighted by molar-refractivity contribution is 0.0305. The Kier molecular flexibility index (Phi) is 4.53. The van der Waals surface area contributed by atoms with Gasteiger partial charge in [-0.15, -0.1) is 11.3 Å². The summed E-state index contributed by atoms with van der Waals surface area (Å²) in [7, 11) is 0. The number of amides is 1. The highest BCUT2D eigenvalue weighted by Gasteiger charge is 2.23. The first-order chi connectivity index (χ1) is 12.7. The van der Waals surface area contributed by atoms with Gasteiger partial charge in [0.2, 0.25) is 0 Å². The fourth-order valence-electron chi connectivity index (χ4n) is 3.17. The predicted octanol–water partition coefficient (Wildman–Crippen LogP) is 3.56. The molecule has 0 N–H and O–H groups in total. The first kappa shape index (κ1) is 16.9. The average molecular weight is 366 g/mol. The minimum absolute atomic E-state index is 0.0265. The molecule has 2 heterocycles. The summed E-state index contributed by atoms with van der Waals surface area (Å²) < 4.78 is 5.32. The van der Waals surface area contributed by atoms with Crippen molar-refractivity contribution in [1.82, 2.24) is 9.88 Å². The molecule has 5 nitrogen and oxygen atoms in total. The van der Waals surface area contributed by atoms with Crippen LogP contribution in [0.5, 0.6) is 0 Å². The number of carbonyl (C=O) groups excluding carboxylic acids is 2. The number of hydrogen-bond donors (Lipinski definition) is 0. The van der Waals surface area contributed by atoms with Gasteiger partial charge in [-0.3, -0.25) is 9.59 Å². The number of aldehydes is 1. The Morgan fingerprint density at radius 2 is 2.04 bits per heavy atom. The fourth-order valence-corrected chi connectivity index (χ4v) is 4.20. The van der Waals surface area contributed by atoms with E-state index < -0.39 is 0 Å². The molecule has 4 rings (SSSR count). The molecule has 2 aromatic carbocycles. The second-order valence-electron chi connectivity index (χ2n) is 6.24. The van der Waals surface area contributed by atoms with Crippen molar-refractivity contribution < 1.29 is 14.3 Å². The van der Waals surface area contributed by atoms with Crippen molar-refractivity contribution in [3.05, 3.63) is 52.5 Å². The number of thiazole rings is 1. The van der Waals surface area contributed by atoms with E-state index in [1.54, 1.807) is 0 Å². The van der Waals surface area contributed by atoms with Crippen molar-refractivity contribution in [1.29, 1.82) is 0 Å². The molecule has 0 radical (unpaired) electrons. The van der Waals surface area contributed by atoms with Gasteiger partial charge in [-0.2, -0.15) is 0 Å². The largest absolute Gasteiger partial charge is 0.378 e. The third-order valence-electron chi connectivity index (χ3n) is 4.58. The van der Waals surface area contributed by atoms with Gasteiger partial charge in [0.15, 0.2) is 6.29 Å². The van der Waals surface area contributed by atoms with Crippen LogP contribution >= 0.6 is 11.3 Å². The van der Waals surface area contributed by atoms with E-state index in [1.165, 1.54) is 11.3 Å². The van der Waals surface area contributed by atoms with Crippen LogP contribution in [-0.4, -0.2) is 48.4 Å². The number of benzene rings is 2. The highest BCUT2D eigenvalue weighted by molar-refractivity contribution is 7.17. The summed E-state index contributed by atoms with van der Waals surface area (Å²) in [5, 5.41) is 2.72. The molecule has 1 aliphatic rings. The topological polar surface area (TPSA) is 59.5 Å². The summed E-state index contributed by atoms with van der Waals surface area (Å²) in [4.78, 5) is 31.1. The number of ether oxygens (including phenoxy) is 1. The molecule has 1 amide bonds. The lowest BCUT2D eigenvalue weighted by Crippen LogP contribution is -2.40. The number of aromatic nitrogens is 1. The fraction of sp³-hybridized carbons (Fsp3) is 0.250. The van der Waals surface area contributed by atoms with Crippen molar-refractivity contribution >= 4 is 34.3 Å². The predicted molar refractivity (Wildman–Crippen MR) is 102 cm³/mol. The zero-order valence-corrected chi connectivity index (χ0v) is 15.2. The van der Waals surface area contributed by atoms with Crippen LogP contribution in [0.15, 0.2) is 36.4 Å². The van der Waals surface area contributed by atoms with Crippen molar-refractivity contribution in [3.63, 3.8) is 0 Å². The van der Waals surface area contributed by atoms with E-state index >= 15 is 0 Å². The number of hydrogen-bond acceptors (Lipinski definition) is 5. The third kappa shape index (κ3) is 3.02. The van der Waals surface area contributed by atoms with Crippen molar-refractivity contribution in [2.24, 2.45) is 0 Å². The molecule has 1 fully saturated rings. The molecular formula is C20H18N2O3S. The molecule has 1 saturated heterocycles. The van der Waals surface area contributed by atoms with Gasteiger partial charge in [0.1, 0.15) is 9.88 Å². The summed E-state index contributed by atoms with van der Waals surface area (Å²) in [6.07, 6.45) is 0.870. The van der Waals surface area contributed by atoms with Crippen LogP contribution in [0, 0.1) is 6.92 Å². The number of nitrogens with zero attached hydrogens (tertiary/aromatic N) is 2. The summed E-state index contributed by atoms with van der Waals surface area (Å²) in [5.74, 6) is 0.0265. The number of carbonyl (C=O) groups is 2. The minimum Gasteiger partial charge on any atom is -0.378 e. The lowest BCUT2D eigenvalue weighted by Gasteiger charge is -2.26. The number of rotatable bonds is 3. The second-order valence-corrected chi connectivity index (χ2v) is 7.24. The molecule has 26 heavy (non-hydrogen) atoms. The highest BCUT2D eigenvalue weighted by Crippen LogP contribution is 2.31. The molecule has 0 bridgehead atoms. The van der Waals surface area contributed by atoms with Crippen LogP contribution < -0.4 is 0 Å². The van der Waals surface area contributed by atoms with E-state index in [0.717, 1.165) is 33.3 Å². The lowest BCUT2D eigenvalue weighted by atomic mass is 10.0. The molecule has 1 aromatic heterocycles. The zero-order valence-electron chi connectivity index (χ0n) is 14.4.